The Bertz CT molecular complexity index is 402. The van der Waals surface area contributed by atoms with E-state index in [1.54, 1.807) is 0 Å². The van der Waals surface area contributed by atoms with Crippen LogP contribution in [0.4, 0.5) is 0 Å². The lowest BCUT2D eigenvalue weighted by Gasteiger charge is -2.39. The second-order valence-corrected chi connectivity index (χ2v) is 6.88. The molecule has 3 atom stereocenters. The molecule has 0 amide bonds. The summed E-state index contributed by atoms with van der Waals surface area (Å²) in [5.74, 6) is 0.752. The maximum Gasteiger partial charge on any atom is 0.0812 e. The van der Waals surface area contributed by atoms with Gasteiger partial charge in [-0.3, -0.25) is 0 Å². The van der Waals surface area contributed by atoms with Crippen molar-refractivity contribution in [1.82, 2.24) is 5.32 Å². The van der Waals surface area contributed by atoms with Crippen LogP contribution in [-0.4, -0.2) is 23.3 Å². The highest BCUT2D eigenvalue weighted by atomic mass is 79.9. The van der Waals surface area contributed by atoms with E-state index in [0.717, 1.165) is 23.4 Å². The number of aliphatic hydroxyl groups is 1. The summed E-state index contributed by atoms with van der Waals surface area (Å²) in [4.78, 5) is 0. The molecule has 19 heavy (non-hydrogen) atoms. The number of hydrogen-bond acceptors (Lipinski definition) is 2. The number of rotatable bonds is 4. The molecule has 0 saturated carbocycles. The van der Waals surface area contributed by atoms with Crippen LogP contribution in [-0.2, 0) is 6.42 Å². The molecule has 2 rings (SSSR count). The second kappa shape index (κ2) is 6.38. The zero-order valence-electron chi connectivity index (χ0n) is 11.8. The van der Waals surface area contributed by atoms with Gasteiger partial charge in [-0.15, -0.1) is 0 Å². The number of nitrogens with one attached hydrogen (secondary N) is 1. The fourth-order valence-electron chi connectivity index (χ4n) is 2.98. The zero-order valence-corrected chi connectivity index (χ0v) is 13.4. The Morgan fingerprint density at radius 2 is 2.05 bits per heavy atom. The first-order valence-corrected chi connectivity index (χ1v) is 8.01. The number of benzene rings is 1. The molecule has 1 aromatic carbocycles. The number of halogens is 1. The van der Waals surface area contributed by atoms with Gasteiger partial charge in [-0.25, -0.2) is 0 Å². The van der Waals surface area contributed by atoms with Gasteiger partial charge in [0.25, 0.3) is 0 Å². The summed E-state index contributed by atoms with van der Waals surface area (Å²) in [6.07, 6.45) is 4.24. The molecule has 0 aromatic heterocycles. The lowest BCUT2D eigenvalue weighted by atomic mass is 9.80. The zero-order chi connectivity index (χ0) is 13.9. The molecule has 0 bridgehead atoms. The van der Waals surface area contributed by atoms with Gasteiger partial charge in [0.2, 0.25) is 0 Å². The maximum absolute atomic E-state index is 10.8. The van der Waals surface area contributed by atoms with E-state index in [0.29, 0.717) is 6.42 Å². The number of hydrogen-bond donors (Lipinski definition) is 2. The van der Waals surface area contributed by atoms with E-state index < -0.39 is 5.60 Å². The predicted octanol–water partition coefficient (Wildman–Crippen LogP) is 3.52. The second-order valence-electron chi connectivity index (χ2n) is 5.97. The largest absolute Gasteiger partial charge is 0.388 e. The molecule has 1 aliphatic heterocycles. The van der Waals surface area contributed by atoms with Gasteiger partial charge in [-0.1, -0.05) is 41.4 Å². The van der Waals surface area contributed by atoms with Crippen molar-refractivity contribution in [2.45, 2.75) is 51.2 Å². The van der Waals surface area contributed by atoms with Crippen LogP contribution in [0.1, 0.15) is 38.7 Å². The molecule has 2 nitrogen and oxygen atoms in total. The van der Waals surface area contributed by atoms with Gasteiger partial charge in [0.15, 0.2) is 0 Å². The smallest absolute Gasteiger partial charge is 0.0812 e. The lowest BCUT2D eigenvalue weighted by molar-refractivity contribution is 0.00169. The molecule has 3 unspecified atom stereocenters. The topological polar surface area (TPSA) is 32.3 Å². The minimum absolute atomic E-state index is 0.204. The van der Waals surface area contributed by atoms with Gasteiger partial charge in [-0.2, -0.15) is 0 Å². The van der Waals surface area contributed by atoms with E-state index >= 15 is 0 Å². The molecule has 0 radical (unpaired) electrons. The molecular weight excluding hydrogens is 302 g/mol. The average molecular weight is 326 g/mol. The average Bonchev–Trinajstić information content (AvgIpc) is 2.41. The highest BCUT2D eigenvalue weighted by Crippen LogP contribution is 2.28. The fourth-order valence-corrected chi connectivity index (χ4v) is 3.24. The van der Waals surface area contributed by atoms with Gasteiger partial charge in [-0.05, 0) is 49.9 Å². The van der Waals surface area contributed by atoms with Crippen molar-refractivity contribution in [2.75, 3.05) is 6.54 Å². The number of piperidine rings is 1. The van der Waals surface area contributed by atoms with Crippen molar-refractivity contribution < 1.29 is 5.11 Å². The van der Waals surface area contributed by atoms with E-state index in [2.05, 4.69) is 40.3 Å². The van der Waals surface area contributed by atoms with Crippen LogP contribution < -0.4 is 5.32 Å². The van der Waals surface area contributed by atoms with Crippen LogP contribution >= 0.6 is 15.9 Å². The minimum atomic E-state index is -0.679. The predicted molar refractivity (Wildman–Crippen MR) is 83.3 cm³/mol. The molecule has 0 aliphatic carbocycles. The van der Waals surface area contributed by atoms with Crippen molar-refractivity contribution >= 4 is 15.9 Å². The molecule has 2 N–H and O–H groups in total. The Kier molecular flexibility index (Phi) is 5.04. The molecule has 0 spiro atoms. The minimum Gasteiger partial charge on any atom is -0.388 e. The van der Waals surface area contributed by atoms with Crippen LogP contribution in [0.25, 0.3) is 0 Å². The maximum atomic E-state index is 10.8. The summed E-state index contributed by atoms with van der Waals surface area (Å²) in [7, 11) is 0. The van der Waals surface area contributed by atoms with Crippen molar-refractivity contribution in [3.05, 3.63) is 34.3 Å². The molecule has 1 heterocycles. The first-order valence-electron chi connectivity index (χ1n) is 7.21. The first kappa shape index (κ1) is 15.0. The molecule has 1 aliphatic rings. The van der Waals surface area contributed by atoms with E-state index in [4.69, 9.17) is 0 Å². The third-order valence-corrected chi connectivity index (χ3v) is 4.84. The van der Waals surface area contributed by atoms with Crippen molar-refractivity contribution in [3.63, 3.8) is 0 Å². The van der Waals surface area contributed by atoms with Crippen LogP contribution in [0.3, 0.4) is 0 Å². The summed E-state index contributed by atoms with van der Waals surface area (Å²) in [6.45, 7) is 5.24. The van der Waals surface area contributed by atoms with Crippen LogP contribution in [0.2, 0.25) is 0 Å². The summed E-state index contributed by atoms with van der Waals surface area (Å²) in [6, 6.07) is 8.44. The van der Waals surface area contributed by atoms with E-state index in [1.807, 2.05) is 19.1 Å². The Labute approximate surface area is 124 Å². The summed E-state index contributed by atoms with van der Waals surface area (Å²) in [5, 5.41) is 14.3. The van der Waals surface area contributed by atoms with Crippen LogP contribution in [0.15, 0.2) is 28.7 Å². The normalized spacial score (nSPS) is 26.9. The van der Waals surface area contributed by atoms with Crippen LogP contribution in [0.5, 0.6) is 0 Å². The first-order chi connectivity index (χ1) is 9.01. The Balaban J connectivity index is 2.02. The quantitative estimate of drug-likeness (QED) is 0.887. The molecule has 1 fully saturated rings. The highest BCUT2D eigenvalue weighted by Gasteiger charge is 2.35. The van der Waals surface area contributed by atoms with E-state index in [-0.39, 0.29) is 6.04 Å². The van der Waals surface area contributed by atoms with Crippen molar-refractivity contribution in [2.24, 2.45) is 5.92 Å². The SMILES string of the molecule is CCC1CCNC(C(C)(O)Cc2ccc(Br)cc2)C1. The van der Waals surface area contributed by atoms with Crippen LogP contribution in [0, 0.1) is 5.92 Å². The monoisotopic (exact) mass is 325 g/mol. The van der Waals surface area contributed by atoms with Gasteiger partial charge >= 0.3 is 0 Å². The summed E-state index contributed by atoms with van der Waals surface area (Å²) < 4.78 is 1.08. The van der Waals surface area contributed by atoms with Gasteiger partial charge in [0, 0.05) is 16.9 Å². The Morgan fingerprint density at radius 3 is 2.68 bits per heavy atom. The standard InChI is InChI=1S/C16H24BrNO/c1-3-12-8-9-18-15(10-12)16(2,19)11-13-4-6-14(17)7-5-13/h4-7,12,15,18-19H,3,8-11H2,1-2H3. The Hall–Kier alpha value is -0.380. The van der Waals surface area contributed by atoms with E-state index in [9.17, 15) is 5.11 Å². The van der Waals surface area contributed by atoms with Gasteiger partial charge < -0.3 is 10.4 Å². The van der Waals surface area contributed by atoms with E-state index in [1.165, 1.54) is 18.4 Å². The highest BCUT2D eigenvalue weighted by molar-refractivity contribution is 9.10. The van der Waals surface area contributed by atoms with Crippen molar-refractivity contribution in [1.29, 1.82) is 0 Å². The lowest BCUT2D eigenvalue weighted by Crippen LogP contribution is -2.53. The third-order valence-electron chi connectivity index (χ3n) is 4.32. The summed E-state index contributed by atoms with van der Waals surface area (Å²) >= 11 is 3.44. The fraction of sp³-hybridized carbons (Fsp3) is 0.625. The molecule has 106 valence electrons. The summed E-state index contributed by atoms with van der Waals surface area (Å²) in [5.41, 5.74) is 0.510. The Morgan fingerprint density at radius 1 is 1.37 bits per heavy atom. The van der Waals surface area contributed by atoms with Crippen molar-refractivity contribution in [3.8, 4) is 0 Å². The van der Waals surface area contributed by atoms with Gasteiger partial charge in [0.05, 0.1) is 5.60 Å². The molecule has 1 saturated heterocycles. The van der Waals surface area contributed by atoms with Gasteiger partial charge in [0.1, 0.15) is 0 Å². The third kappa shape index (κ3) is 4.04. The molecule has 1 aromatic rings. The molecule has 3 heteroatoms. The molecular formula is C16H24BrNO.